The number of benzene rings is 5. The SMILES string of the molecule is N/C(=N\C(=N/Cc1ccccc1)c1ccccc1-c1cccc2oc3ccccc3c12)c1ccccc1. The third-order valence-electron chi connectivity index (χ3n) is 6.41. The van der Waals surface area contributed by atoms with E-state index in [0.29, 0.717) is 18.2 Å². The van der Waals surface area contributed by atoms with Crippen LogP contribution in [0.1, 0.15) is 16.7 Å². The number of nitrogens with two attached hydrogens (primary N) is 1. The Kier molecular flexibility index (Phi) is 6.05. The van der Waals surface area contributed by atoms with Gasteiger partial charge in [0.1, 0.15) is 17.0 Å². The number of furan rings is 1. The van der Waals surface area contributed by atoms with Crippen LogP contribution >= 0.6 is 0 Å². The van der Waals surface area contributed by atoms with Gasteiger partial charge in [0, 0.05) is 21.9 Å². The summed E-state index contributed by atoms with van der Waals surface area (Å²) in [5, 5.41) is 2.16. The maximum absolute atomic E-state index is 6.49. The summed E-state index contributed by atoms with van der Waals surface area (Å²) < 4.78 is 6.16. The first-order chi connectivity index (χ1) is 18.3. The second-order valence-corrected chi connectivity index (χ2v) is 8.81. The summed E-state index contributed by atoms with van der Waals surface area (Å²) >= 11 is 0. The van der Waals surface area contributed by atoms with Crippen LogP contribution in [-0.2, 0) is 6.54 Å². The molecule has 4 heteroatoms. The summed E-state index contributed by atoms with van der Waals surface area (Å²) in [6.45, 7) is 0.495. The molecule has 4 nitrogen and oxygen atoms in total. The highest BCUT2D eigenvalue weighted by Crippen LogP contribution is 2.38. The molecule has 0 saturated heterocycles. The van der Waals surface area contributed by atoms with Gasteiger partial charge in [-0.15, -0.1) is 0 Å². The van der Waals surface area contributed by atoms with Crippen molar-refractivity contribution in [3.63, 3.8) is 0 Å². The van der Waals surface area contributed by atoms with E-state index in [2.05, 4.69) is 36.4 Å². The van der Waals surface area contributed by atoms with Crippen LogP contribution in [0.25, 0.3) is 33.1 Å². The van der Waals surface area contributed by atoms with Crippen molar-refractivity contribution in [1.29, 1.82) is 0 Å². The van der Waals surface area contributed by atoms with Gasteiger partial charge >= 0.3 is 0 Å². The lowest BCUT2D eigenvalue weighted by Gasteiger charge is -2.12. The van der Waals surface area contributed by atoms with E-state index in [1.54, 1.807) is 0 Å². The van der Waals surface area contributed by atoms with Gasteiger partial charge < -0.3 is 10.2 Å². The summed E-state index contributed by atoms with van der Waals surface area (Å²) in [7, 11) is 0. The van der Waals surface area contributed by atoms with Crippen LogP contribution in [0, 0.1) is 0 Å². The van der Waals surface area contributed by atoms with E-state index in [1.807, 2.05) is 91.0 Å². The van der Waals surface area contributed by atoms with Crippen LogP contribution < -0.4 is 5.73 Å². The first kappa shape index (κ1) is 22.5. The van der Waals surface area contributed by atoms with E-state index < -0.39 is 0 Å². The number of nitrogens with zero attached hydrogens (tertiary/aromatic N) is 2. The first-order valence-corrected chi connectivity index (χ1v) is 12.3. The summed E-state index contributed by atoms with van der Waals surface area (Å²) in [6.07, 6.45) is 0. The van der Waals surface area contributed by atoms with Crippen LogP contribution in [0.2, 0.25) is 0 Å². The zero-order valence-electron chi connectivity index (χ0n) is 20.2. The lowest BCUT2D eigenvalue weighted by Crippen LogP contribution is -2.16. The molecule has 6 rings (SSSR count). The van der Waals surface area contributed by atoms with Crippen molar-refractivity contribution < 1.29 is 4.42 Å². The molecule has 0 bridgehead atoms. The fourth-order valence-corrected chi connectivity index (χ4v) is 4.63. The molecule has 5 aromatic carbocycles. The minimum absolute atomic E-state index is 0.425. The van der Waals surface area contributed by atoms with Crippen molar-refractivity contribution in [3.05, 3.63) is 144 Å². The molecule has 0 amide bonds. The molecular weight excluding hydrogens is 454 g/mol. The zero-order valence-corrected chi connectivity index (χ0v) is 20.2. The van der Waals surface area contributed by atoms with Crippen molar-refractivity contribution in [2.75, 3.05) is 0 Å². The molecule has 0 aliphatic carbocycles. The molecule has 2 N–H and O–H groups in total. The molecule has 0 spiro atoms. The second kappa shape index (κ2) is 9.96. The van der Waals surface area contributed by atoms with Crippen LogP contribution in [0.15, 0.2) is 142 Å². The summed E-state index contributed by atoms with van der Waals surface area (Å²) in [6, 6.07) is 42.5. The van der Waals surface area contributed by atoms with Crippen molar-refractivity contribution in [1.82, 2.24) is 0 Å². The fraction of sp³-hybridized carbons (Fsp3) is 0.0303. The van der Waals surface area contributed by atoms with Crippen molar-refractivity contribution in [2.45, 2.75) is 6.54 Å². The molecule has 0 aliphatic rings. The minimum atomic E-state index is 0.425. The Labute approximate surface area is 215 Å². The Morgan fingerprint density at radius 1 is 0.622 bits per heavy atom. The van der Waals surface area contributed by atoms with Crippen molar-refractivity contribution in [3.8, 4) is 11.1 Å². The lowest BCUT2D eigenvalue weighted by atomic mass is 9.95. The summed E-state index contributed by atoms with van der Waals surface area (Å²) in [5.41, 5.74) is 13.2. The number of hydrogen-bond donors (Lipinski definition) is 1. The molecular formula is C33H25N3O. The topological polar surface area (TPSA) is 63.9 Å². The Bertz CT molecular complexity index is 1750. The van der Waals surface area contributed by atoms with Gasteiger partial charge in [0.25, 0.3) is 0 Å². The quantitative estimate of drug-likeness (QED) is 0.204. The van der Waals surface area contributed by atoms with Gasteiger partial charge in [0.2, 0.25) is 0 Å². The molecule has 0 radical (unpaired) electrons. The average molecular weight is 480 g/mol. The van der Waals surface area contributed by atoms with Crippen molar-refractivity contribution in [2.24, 2.45) is 15.7 Å². The maximum atomic E-state index is 6.49. The summed E-state index contributed by atoms with van der Waals surface area (Å²) in [5.74, 6) is 1.01. The molecule has 0 aliphatic heterocycles. The van der Waals surface area contributed by atoms with Crippen LogP contribution in [-0.4, -0.2) is 11.7 Å². The van der Waals surface area contributed by atoms with E-state index in [4.69, 9.17) is 20.1 Å². The number of amidine groups is 2. The Morgan fingerprint density at radius 3 is 2.11 bits per heavy atom. The standard InChI is InChI=1S/C33H25N3O/c34-32(24-14-5-2-6-15-24)36-33(35-22-23-12-3-1-4-13-23)27-17-8-7-16-25(27)26-19-11-21-30-31(26)28-18-9-10-20-29(28)37-30/h1-21H,22H2,(H2,34,35,36). The second-order valence-electron chi connectivity index (χ2n) is 8.81. The van der Waals surface area contributed by atoms with E-state index in [-0.39, 0.29) is 0 Å². The number of hydrogen-bond acceptors (Lipinski definition) is 2. The van der Waals surface area contributed by atoms with Gasteiger partial charge in [-0.25, -0.2) is 4.99 Å². The number of fused-ring (bicyclic) bond motifs is 3. The molecule has 6 aromatic rings. The predicted molar refractivity (Wildman–Crippen MR) is 153 cm³/mol. The molecule has 1 aromatic heterocycles. The summed E-state index contributed by atoms with van der Waals surface area (Å²) in [4.78, 5) is 9.84. The van der Waals surface area contributed by atoms with Crippen LogP contribution in [0.3, 0.4) is 0 Å². The van der Waals surface area contributed by atoms with Crippen molar-refractivity contribution >= 4 is 33.6 Å². The van der Waals surface area contributed by atoms with Crippen LogP contribution in [0.4, 0.5) is 0 Å². The monoisotopic (exact) mass is 479 g/mol. The maximum Gasteiger partial charge on any atom is 0.157 e. The molecule has 1 heterocycles. The average Bonchev–Trinajstić information content (AvgIpc) is 3.35. The van der Waals surface area contributed by atoms with Gasteiger partial charge in [-0.1, -0.05) is 115 Å². The number of para-hydroxylation sites is 1. The van der Waals surface area contributed by atoms with E-state index in [0.717, 1.165) is 49.8 Å². The van der Waals surface area contributed by atoms with E-state index >= 15 is 0 Å². The number of aliphatic imine (C=N–C) groups is 2. The van der Waals surface area contributed by atoms with Gasteiger partial charge in [-0.2, -0.15) is 0 Å². The lowest BCUT2D eigenvalue weighted by molar-refractivity contribution is 0.669. The molecule has 37 heavy (non-hydrogen) atoms. The third-order valence-corrected chi connectivity index (χ3v) is 6.41. The normalized spacial score (nSPS) is 12.3. The van der Waals surface area contributed by atoms with E-state index in [9.17, 15) is 0 Å². The van der Waals surface area contributed by atoms with Gasteiger partial charge in [-0.05, 0) is 28.8 Å². The fourth-order valence-electron chi connectivity index (χ4n) is 4.63. The Balaban J connectivity index is 1.54. The smallest absolute Gasteiger partial charge is 0.157 e. The predicted octanol–water partition coefficient (Wildman–Crippen LogP) is 7.61. The largest absolute Gasteiger partial charge is 0.456 e. The van der Waals surface area contributed by atoms with E-state index in [1.165, 1.54) is 0 Å². The minimum Gasteiger partial charge on any atom is -0.456 e. The highest BCUT2D eigenvalue weighted by Gasteiger charge is 2.17. The molecule has 0 saturated carbocycles. The third kappa shape index (κ3) is 4.53. The highest BCUT2D eigenvalue weighted by atomic mass is 16.3. The zero-order chi connectivity index (χ0) is 25.0. The Hall–Kier alpha value is -4.96. The highest BCUT2D eigenvalue weighted by molar-refractivity contribution is 6.17. The van der Waals surface area contributed by atoms with Gasteiger partial charge in [0.05, 0.1) is 6.54 Å². The van der Waals surface area contributed by atoms with Gasteiger partial charge in [0.15, 0.2) is 5.84 Å². The number of rotatable bonds is 5. The molecule has 0 unspecified atom stereocenters. The first-order valence-electron chi connectivity index (χ1n) is 12.3. The van der Waals surface area contributed by atoms with Crippen LogP contribution in [0.5, 0.6) is 0 Å². The Morgan fingerprint density at radius 2 is 1.27 bits per heavy atom. The molecule has 0 fully saturated rings. The van der Waals surface area contributed by atoms with Gasteiger partial charge in [-0.3, -0.25) is 4.99 Å². The molecule has 178 valence electrons. The molecule has 0 atom stereocenters.